The Bertz CT molecular complexity index is 701. The Labute approximate surface area is 148 Å². The Morgan fingerprint density at radius 1 is 1.16 bits per heavy atom. The SMILES string of the molecule is Cc1nc([C@H]2CCCN(C(=O)C3CCC(n4cccc4)CC3)C2)no1. The van der Waals surface area contributed by atoms with Crippen molar-refractivity contribution >= 4 is 5.91 Å². The molecule has 1 amide bonds. The Morgan fingerprint density at radius 3 is 2.60 bits per heavy atom. The number of hydrogen-bond donors (Lipinski definition) is 0. The molecule has 1 atom stereocenters. The molecule has 0 radical (unpaired) electrons. The zero-order valence-corrected chi connectivity index (χ0v) is 14.8. The average molecular weight is 342 g/mol. The van der Waals surface area contributed by atoms with Crippen molar-refractivity contribution in [3.8, 4) is 0 Å². The highest BCUT2D eigenvalue weighted by molar-refractivity contribution is 5.79. The standard InChI is InChI=1S/C19H26N4O2/c1-14-20-18(21-25-14)16-5-4-12-23(13-16)19(24)15-6-8-17(9-7-15)22-10-2-3-11-22/h2-3,10-11,15-17H,4-9,12-13H2,1H3/t15?,16-,17?/m0/s1. The van der Waals surface area contributed by atoms with Crippen LogP contribution >= 0.6 is 0 Å². The number of piperidine rings is 1. The largest absolute Gasteiger partial charge is 0.351 e. The summed E-state index contributed by atoms with van der Waals surface area (Å²) < 4.78 is 7.40. The van der Waals surface area contributed by atoms with Gasteiger partial charge in [-0.25, -0.2) is 0 Å². The molecule has 6 heteroatoms. The van der Waals surface area contributed by atoms with Gasteiger partial charge in [-0.15, -0.1) is 0 Å². The fourth-order valence-electron chi connectivity index (χ4n) is 4.34. The van der Waals surface area contributed by atoms with E-state index in [0.717, 1.165) is 57.4 Å². The van der Waals surface area contributed by atoms with Crippen molar-refractivity contribution in [2.24, 2.45) is 5.92 Å². The van der Waals surface area contributed by atoms with Crippen LogP contribution in [0.5, 0.6) is 0 Å². The number of rotatable bonds is 3. The molecule has 1 saturated heterocycles. The number of carbonyl (C=O) groups is 1. The summed E-state index contributed by atoms with van der Waals surface area (Å²) >= 11 is 0. The van der Waals surface area contributed by atoms with Gasteiger partial charge in [0.1, 0.15) is 0 Å². The minimum absolute atomic E-state index is 0.178. The fraction of sp³-hybridized carbons (Fsp3) is 0.632. The first kappa shape index (κ1) is 16.4. The summed E-state index contributed by atoms with van der Waals surface area (Å²) in [7, 11) is 0. The van der Waals surface area contributed by atoms with Crippen molar-refractivity contribution < 1.29 is 9.32 Å². The first-order chi connectivity index (χ1) is 12.2. The smallest absolute Gasteiger partial charge is 0.225 e. The summed E-state index contributed by atoms with van der Waals surface area (Å²) in [6.07, 6.45) is 10.5. The molecule has 0 unspecified atom stereocenters. The van der Waals surface area contributed by atoms with Crippen molar-refractivity contribution in [1.82, 2.24) is 19.6 Å². The topological polar surface area (TPSA) is 64.2 Å². The van der Waals surface area contributed by atoms with Gasteiger partial charge >= 0.3 is 0 Å². The number of aromatic nitrogens is 3. The predicted molar refractivity (Wildman–Crippen MR) is 93.0 cm³/mol. The number of likely N-dealkylation sites (tertiary alicyclic amines) is 1. The summed E-state index contributed by atoms with van der Waals surface area (Å²) in [5.41, 5.74) is 0. The molecular weight excluding hydrogens is 316 g/mol. The second-order valence-electron chi connectivity index (χ2n) is 7.43. The summed E-state index contributed by atoms with van der Waals surface area (Å²) in [5.74, 6) is 2.08. The molecule has 3 heterocycles. The molecule has 0 spiro atoms. The van der Waals surface area contributed by atoms with E-state index in [1.54, 1.807) is 0 Å². The van der Waals surface area contributed by atoms with E-state index in [4.69, 9.17) is 4.52 Å². The monoisotopic (exact) mass is 342 g/mol. The number of aryl methyl sites for hydroxylation is 1. The number of amides is 1. The molecule has 0 N–H and O–H groups in total. The fourth-order valence-corrected chi connectivity index (χ4v) is 4.34. The zero-order chi connectivity index (χ0) is 17.2. The lowest BCUT2D eigenvalue weighted by Gasteiger charge is -2.36. The normalized spacial score (nSPS) is 27.4. The summed E-state index contributed by atoms with van der Waals surface area (Å²) in [4.78, 5) is 19.4. The van der Waals surface area contributed by atoms with Crippen LogP contribution in [0.15, 0.2) is 29.0 Å². The highest BCUT2D eigenvalue weighted by Gasteiger charge is 2.33. The molecule has 0 bridgehead atoms. The van der Waals surface area contributed by atoms with Crippen molar-refractivity contribution in [2.75, 3.05) is 13.1 Å². The van der Waals surface area contributed by atoms with E-state index in [1.807, 2.05) is 11.8 Å². The van der Waals surface area contributed by atoms with Gasteiger partial charge in [0.05, 0.1) is 0 Å². The van der Waals surface area contributed by atoms with Gasteiger partial charge in [0.2, 0.25) is 11.8 Å². The van der Waals surface area contributed by atoms with E-state index in [9.17, 15) is 4.79 Å². The molecule has 4 rings (SSSR count). The van der Waals surface area contributed by atoms with Gasteiger partial charge in [0.15, 0.2) is 5.82 Å². The van der Waals surface area contributed by atoms with Crippen LogP contribution in [0.4, 0.5) is 0 Å². The second kappa shape index (κ2) is 7.02. The Balaban J connectivity index is 1.35. The van der Waals surface area contributed by atoms with Crippen LogP contribution in [-0.2, 0) is 4.79 Å². The van der Waals surface area contributed by atoms with Gasteiger partial charge in [0.25, 0.3) is 0 Å². The van der Waals surface area contributed by atoms with Gasteiger partial charge < -0.3 is 14.0 Å². The van der Waals surface area contributed by atoms with Gasteiger partial charge in [-0.05, 0) is 50.7 Å². The Kier molecular flexibility index (Phi) is 4.59. The lowest BCUT2D eigenvalue weighted by molar-refractivity contribution is -0.138. The third-order valence-electron chi connectivity index (χ3n) is 5.74. The molecule has 2 aromatic heterocycles. The lowest BCUT2D eigenvalue weighted by Crippen LogP contribution is -2.43. The van der Waals surface area contributed by atoms with Crippen LogP contribution < -0.4 is 0 Å². The molecule has 2 aromatic rings. The maximum atomic E-state index is 13.0. The highest BCUT2D eigenvalue weighted by atomic mass is 16.5. The molecule has 1 aliphatic carbocycles. The minimum atomic E-state index is 0.178. The molecule has 2 fully saturated rings. The maximum absolute atomic E-state index is 13.0. The molecule has 0 aromatic carbocycles. The van der Waals surface area contributed by atoms with Gasteiger partial charge in [-0.1, -0.05) is 5.16 Å². The van der Waals surface area contributed by atoms with Crippen molar-refractivity contribution in [1.29, 1.82) is 0 Å². The molecule has 134 valence electrons. The molecule has 1 aliphatic heterocycles. The van der Waals surface area contributed by atoms with Gasteiger partial charge in [-0.2, -0.15) is 4.98 Å². The lowest BCUT2D eigenvalue weighted by atomic mass is 9.84. The molecular formula is C19H26N4O2. The van der Waals surface area contributed by atoms with Gasteiger partial charge in [-0.3, -0.25) is 4.79 Å². The zero-order valence-electron chi connectivity index (χ0n) is 14.8. The summed E-state index contributed by atoms with van der Waals surface area (Å²) in [6.45, 7) is 3.41. The highest BCUT2D eigenvalue weighted by Crippen LogP contribution is 2.34. The minimum Gasteiger partial charge on any atom is -0.351 e. The average Bonchev–Trinajstić information content (AvgIpc) is 3.33. The van der Waals surface area contributed by atoms with E-state index in [-0.39, 0.29) is 11.8 Å². The van der Waals surface area contributed by atoms with Crippen LogP contribution in [-0.4, -0.2) is 38.6 Å². The van der Waals surface area contributed by atoms with Crippen LogP contribution in [0.2, 0.25) is 0 Å². The first-order valence-electron chi connectivity index (χ1n) is 9.42. The van der Waals surface area contributed by atoms with Crippen LogP contribution in [0.1, 0.15) is 62.2 Å². The van der Waals surface area contributed by atoms with E-state index in [1.165, 1.54) is 0 Å². The third-order valence-corrected chi connectivity index (χ3v) is 5.74. The van der Waals surface area contributed by atoms with E-state index < -0.39 is 0 Å². The van der Waals surface area contributed by atoms with Crippen molar-refractivity contribution in [3.63, 3.8) is 0 Å². The third kappa shape index (κ3) is 3.48. The maximum Gasteiger partial charge on any atom is 0.225 e. The Hall–Kier alpha value is -2.11. The second-order valence-corrected chi connectivity index (χ2v) is 7.43. The number of hydrogen-bond acceptors (Lipinski definition) is 4. The number of nitrogens with zero attached hydrogens (tertiary/aromatic N) is 4. The molecule has 6 nitrogen and oxygen atoms in total. The van der Waals surface area contributed by atoms with Crippen LogP contribution in [0.25, 0.3) is 0 Å². The van der Waals surface area contributed by atoms with Crippen molar-refractivity contribution in [3.05, 3.63) is 36.2 Å². The van der Waals surface area contributed by atoms with Gasteiger partial charge in [0, 0.05) is 50.3 Å². The predicted octanol–water partition coefficient (Wildman–Crippen LogP) is 3.32. The first-order valence-corrected chi connectivity index (χ1v) is 9.42. The van der Waals surface area contributed by atoms with Crippen LogP contribution in [0.3, 0.4) is 0 Å². The number of carbonyl (C=O) groups excluding carboxylic acids is 1. The van der Waals surface area contributed by atoms with Crippen LogP contribution in [0, 0.1) is 12.8 Å². The summed E-state index contributed by atoms with van der Waals surface area (Å²) in [5, 5.41) is 4.06. The molecule has 1 saturated carbocycles. The molecule has 25 heavy (non-hydrogen) atoms. The van der Waals surface area contributed by atoms with E-state index in [0.29, 0.717) is 17.8 Å². The Morgan fingerprint density at radius 2 is 1.92 bits per heavy atom. The van der Waals surface area contributed by atoms with Crippen molar-refractivity contribution in [2.45, 2.75) is 57.4 Å². The van der Waals surface area contributed by atoms with E-state index >= 15 is 0 Å². The quantitative estimate of drug-likeness (QED) is 0.858. The summed E-state index contributed by atoms with van der Waals surface area (Å²) in [6, 6.07) is 4.70. The van der Waals surface area contributed by atoms with E-state index in [2.05, 4.69) is 39.2 Å². The molecule has 2 aliphatic rings.